The van der Waals surface area contributed by atoms with E-state index in [2.05, 4.69) is 0 Å². The van der Waals surface area contributed by atoms with Crippen LogP contribution >= 0.6 is 0 Å². The summed E-state index contributed by atoms with van der Waals surface area (Å²) in [5.41, 5.74) is -1.24. The second-order valence-electron chi connectivity index (χ2n) is 3.09. The molecule has 0 radical (unpaired) electrons. The summed E-state index contributed by atoms with van der Waals surface area (Å²) < 4.78 is 35.9. The fourth-order valence-electron chi connectivity index (χ4n) is 0.913. The summed E-state index contributed by atoms with van der Waals surface area (Å²) in [5.74, 6) is -1.61. The Morgan fingerprint density at radius 3 is 1.58 bits per heavy atom. The van der Waals surface area contributed by atoms with Gasteiger partial charge in [-0.15, -0.1) is 0 Å². The topological polar surface area (TPSA) is 17.1 Å². The molecular weight excluding hydrogens is 169 g/mol. The molecule has 1 nitrogen and oxygen atoms in total. The van der Waals surface area contributed by atoms with Crippen LogP contribution in [0.4, 0.5) is 13.2 Å². The minimum absolute atomic E-state index is 0.224. The summed E-state index contributed by atoms with van der Waals surface area (Å²) in [5, 5.41) is 0. The second-order valence-corrected chi connectivity index (χ2v) is 3.09. The highest BCUT2D eigenvalue weighted by Crippen LogP contribution is 2.34. The van der Waals surface area contributed by atoms with Gasteiger partial charge in [-0.25, -0.2) is 0 Å². The molecule has 0 aromatic carbocycles. The lowest BCUT2D eigenvalue weighted by Gasteiger charge is -2.25. The van der Waals surface area contributed by atoms with Gasteiger partial charge in [-0.2, -0.15) is 13.2 Å². The highest BCUT2D eigenvalue weighted by Gasteiger charge is 2.48. The van der Waals surface area contributed by atoms with Gasteiger partial charge in [0, 0.05) is 5.41 Å². The molecule has 0 aromatic rings. The van der Waals surface area contributed by atoms with Crippen molar-refractivity contribution in [2.45, 2.75) is 39.8 Å². The van der Waals surface area contributed by atoms with Gasteiger partial charge in [0.15, 0.2) is 0 Å². The lowest BCUT2D eigenvalue weighted by molar-refractivity contribution is -0.181. The van der Waals surface area contributed by atoms with Crippen molar-refractivity contribution in [3.8, 4) is 0 Å². The summed E-state index contributed by atoms with van der Waals surface area (Å²) in [7, 11) is 0. The Balaban J connectivity index is 4.66. The van der Waals surface area contributed by atoms with E-state index in [1.807, 2.05) is 0 Å². The fraction of sp³-hybridized carbons (Fsp3) is 0.875. The van der Waals surface area contributed by atoms with Gasteiger partial charge in [0.25, 0.3) is 0 Å². The Kier molecular flexibility index (Phi) is 3.30. The number of hydrogen-bond donors (Lipinski definition) is 0. The molecule has 4 heteroatoms. The van der Waals surface area contributed by atoms with Crippen molar-refractivity contribution in [2.75, 3.05) is 0 Å². The molecule has 0 aromatic heterocycles. The third-order valence-corrected chi connectivity index (χ3v) is 2.37. The van der Waals surface area contributed by atoms with Gasteiger partial charge in [-0.05, 0) is 12.8 Å². The van der Waals surface area contributed by atoms with Crippen LogP contribution < -0.4 is 0 Å². The van der Waals surface area contributed by atoms with E-state index in [4.69, 9.17) is 0 Å². The lowest BCUT2D eigenvalue weighted by Crippen LogP contribution is -2.38. The average molecular weight is 182 g/mol. The summed E-state index contributed by atoms with van der Waals surface area (Å²) >= 11 is 0. The molecule has 0 bridgehead atoms. The number of halogens is 3. The molecule has 0 saturated heterocycles. The van der Waals surface area contributed by atoms with Crippen molar-refractivity contribution < 1.29 is 18.0 Å². The number of carbonyl (C=O) groups is 1. The summed E-state index contributed by atoms with van der Waals surface area (Å²) in [6, 6.07) is 0. The van der Waals surface area contributed by atoms with E-state index in [-0.39, 0.29) is 12.8 Å². The predicted molar refractivity (Wildman–Crippen MR) is 39.8 cm³/mol. The minimum atomic E-state index is -4.69. The van der Waals surface area contributed by atoms with Crippen molar-refractivity contribution in [1.82, 2.24) is 0 Å². The van der Waals surface area contributed by atoms with Crippen molar-refractivity contribution in [1.29, 1.82) is 0 Å². The van der Waals surface area contributed by atoms with Crippen molar-refractivity contribution in [3.05, 3.63) is 0 Å². The highest BCUT2D eigenvalue weighted by atomic mass is 19.4. The third-order valence-electron chi connectivity index (χ3n) is 2.37. The minimum Gasteiger partial charge on any atom is -0.289 e. The molecule has 0 aliphatic carbocycles. The van der Waals surface area contributed by atoms with E-state index >= 15 is 0 Å². The standard InChI is InChI=1S/C8H13F3O/c1-4-7(3,5-2)6(12)8(9,10)11/h4-5H2,1-3H3. The molecule has 0 rings (SSSR count). The first-order valence-corrected chi connectivity index (χ1v) is 3.89. The van der Waals surface area contributed by atoms with E-state index in [9.17, 15) is 18.0 Å². The largest absolute Gasteiger partial charge is 0.450 e. The maximum atomic E-state index is 12.0. The molecule has 0 amide bonds. The van der Waals surface area contributed by atoms with Gasteiger partial charge < -0.3 is 0 Å². The van der Waals surface area contributed by atoms with E-state index in [0.29, 0.717) is 0 Å². The number of hydrogen-bond acceptors (Lipinski definition) is 1. The van der Waals surface area contributed by atoms with Crippen LogP contribution in [0.3, 0.4) is 0 Å². The first kappa shape index (κ1) is 11.5. The summed E-state index contributed by atoms with van der Waals surface area (Å²) in [4.78, 5) is 10.8. The van der Waals surface area contributed by atoms with Crippen LogP contribution in [0, 0.1) is 5.41 Å². The molecule has 0 aliphatic rings. The number of carbonyl (C=O) groups excluding carboxylic acids is 1. The molecule has 0 unspecified atom stereocenters. The number of ketones is 1. The van der Waals surface area contributed by atoms with E-state index in [1.165, 1.54) is 6.92 Å². The Hall–Kier alpha value is -0.540. The molecule has 0 saturated carbocycles. The van der Waals surface area contributed by atoms with Crippen LogP contribution in [0.25, 0.3) is 0 Å². The van der Waals surface area contributed by atoms with Gasteiger partial charge in [-0.3, -0.25) is 4.79 Å². The maximum Gasteiger partial charge on any atom is 0.450 e. The zero-order valence-electron chi connectivity index (χ0n) is 7.46. The fourth-order valence-corrected chi connectivity index (χ4v) is 0.913. The van der Waals surface area contributed by atoms with Crippen molar-refractivity contribution in [2.24, 2.45) is 5.41 Å². The van der Waals surface area contributed by atoms with Crippen LogP contribution in [0.1, 0.15) is 33.6 Å². The Bertz CT molecular complexity index is 168. The Morgan fingerprint density at radius 1 is 1.17 bits per heavy atom. The third kappa shape index (κ3) is 2.22. The van der Waals surface area contributed by atoms with Crippen LogP contribution in [-0.4, -0.2) is 12.0 Å². The predicted octanol–water partition coefficient (Wildman–Crippen LogP) is 2.94. The first-order chi connectivity index (χ1) is 5.28. The zero-order valence-corrected chi connectivity index (χ0v) is 7.46. The Morgan fingerprint density at radius 2 is 1.50 bits per heavy atom. The molecule has 12 heavy (non-hydrogen) atoms. The molecule has 0 spiro atoms. The first-order valence-electron chi connectivity index (χ1n) is 3.89. The second kappa shape index (κ2) is 3.46. The van der Waals surface area contributed by atoms with Gasteiger partial charge in [0.1, 0.15) is 0 Å². The molecule has 0 heterocycles. The maximum absolute atomic E-state index is 12.0. The Labute approximate surface area is 70.0 Å². The number of Topliss-reactive ketones (excluding diaryl/α,β-unsaturated/α-hetero) is 1. The van der Waals surface area contributed by atoms with E-state index < -0.39 is 17.4 Å². The zero-order chi connectivity index (χ0) is 9.99. The molecular formula is C8H13F3O. The summed E-state index contributed by atoms with van der Waals surface area (Å²) in [6.07, 6.45) is -4.25. The van der Waals surface area contributed by atoms with Gasteiger partial charge >= 0.3 is 6.18 Å². The molecule has 0 atom stereocenters. The number of alkyl halides is 3. The average Bonchev–Trinajstić information content (AvgIpc) is 2.00. The smallest absolute Gasteiger partial charge is 0.289 e. The normalized spacial score (nSPS) is 13.2. The quantitative estimate of drug-likeness (QED) is 0.655. The monoisotopic (exact) mass is 182 g/mol. The number of rotatable bonds is 3. The van der Waals surface area contributed by atoms with Crippen LogP contribution in [0.2, 0.25) is 0 Å². The van der Waals surface area contributed by atoms with Crippen LogP contribution in [0.5, 0.6) is 0 Å². The molecule has 0 N–H and O–H groups in total. The lowest BCUT2D eigenvalue weighted by atomic mass is 9.80. The van der Waals surface area contributed by atoms with Crippen molar-refractivity contribution >= 4 is 5.78 Å². The van der Waals surface area contributed by atoms with Gasteiger partial charge in [-0.1, -0.05) is 20.8 Å². The molecule has 0 fully saturated rings. The molecule has 72 valence electrons. The summed E-state index contributed by atoms with van der Waals surface area (Å²) in [6.45, 7) is 4.53. The van der Waals surface area contributed by atoms with E-state index in [0.717, 1.165) is 0 Å². The van der Waals surface area contributed by atoms with Crippen molar-refractivity contribution in [3.63, 3.8) is 0 Å². The molecule has 0 aliphatic heterocycles. The van der Waals surface area contributed by atoms with Gasteiger partial charge in [0.2, 0.25) is 5.78 Å². The van der Waals surface area contributed by atoms with Crippen LogP contribution in [0.15, 0.2) is 0 Å². The van der Waals surface area contributed by atoms with Gasteiger partial charge in [0.05, 0.1) is 0 Å². The van der Waals surface area contributed by atoms with E-state index in [1.54, 1.807) is 13.8 Å². The SMILES string of the molecule is CCC(C)(CC)C(=O)C(F)(F)F. The van der Waals surface area contributed by atoms with Crippen LogP contribution in [-0.2, 0) is 4.79 Å². The highest BCUT2D eigenvalue weighted by molar-refractivity contribution is 5.89.